The third kappa shape index (κ3) is 7.19. The number of hydrogen-bond donors (Lipinski definition) is 3. The fourth-order valence-corrected chi connectivity index (χ4v) is 2.78. The van der Waals surface area contributed by atoms with Crippen molar-refractivity contribution in [3.63, 3.8) is 0 Å². The number of unbranched alkanes of at least 4 members (excludes halogenated alkanes) is 2. The van der Waals surface area contributed by atoms with Crippen molar-refractivity contribution in [2.24, 2.45) is 0 Å². The Labute approximate surface area is 165 Å². The van der Waals surface area contributed by atoms with E-state index in [-0.39, 0.29) is 16.9 Å². The first-order valence-corrected chi connectivity index (χ1v) is 9.47. The third-order valence-electron chi connectivity index (χ3n) is 3.92. The van der Waals surface area contributed by atoms with E-state index in [4.69, 9.17) is 12.2 Å². The fraction of sp³-hybridized carbons (Fsp3) is 0.286. The standard InChI is InChI=1S/C21H25N3O2S/c1-3-4-5-12-19(25)24-21(27)23-18-11-7-9-16(14-18)20(26)22-17-10-6-8-15(2)13-17/h6-11,13-14H,3-5,12H2,1-2H3,(H,22,26)(H2,23,24,25,27). The Hall–Kier alpha value is -2.73. The highest BCUT2D eigenvalue weighted by molar-refractivity contribution is 7.80. The molecule has 0 saturated heterocycles. The Morgan fingerprint density at radius 1 is 0.963 bits per heavy atom. The second kappa shape index (κ2) is 10.4. The number of carbonyl (C=O) groups excluding carboxylic acids is 2. The molecule has 0 aliphatic rings. The van der Waals surface area contributed by atoms with Gasteiger partial charge in [0.15, 0.2) is 5.11 Å². The normalized spacial score (nSPS) is 10.1. The monoisotopic (exact) mass is 383 g/mol. The highest BCUT2D eigenvalue weighted by Gasteiger charge is 2.09. The van der Waals surface area contributed by atoms with Gasteiger partial charge in [-0.15, -0.1) is 0 Å². The molecule has 0 saturated carbocycles. The number of carbonyl (C=O) groups is 2. The molecule has 0 aliphatic heterocycles. The summed E-state index contributed by atoms with van der Waals surface area (Å²) >= 11 is 5.18. The second-order valence-corrected chi connectivity index (χ2v) is 6.77. The maximum absolute atomic E-state index is 12.4. The maximum atomic E-state index is 12.4. The molecule has 0 atom stereocenters. The molecule has 27 heavy (non-hydrogen) atoms. The summed E-state index contributed by atoms with van der Waals surface area (Å²) in [4.78, 5) is 24.3. The molecule has 2 rings (SSSR count). The van der Waals surface area contributed by atoms with Crippen molar-refractivity contribution in [3.05, 3.63) is 59.7 Å². The van der Waals surface area contributed by atoms with Crippen LogP contribution in [0.5, 0.6) is 0 Å². The lowest BCUT2D eigenvalue weighted by molar-refractivity contribution is -0.119. The molecule has 0 aromatic heterocycles. The summed E-state index contributed by atoms with van der Waals surface area (Å²) < 4.78 is 0. The Bertz CT molecular complexity index is 821. The van der Waals surface area contributed by atoms with E-state index in [1.165, 1.54) is 0 Å². The van der Waals surface area contributed by atoms with Crippen LogP contribution in [0.2, 0.25) is 0 Å². The molecule has 2 amide bonds. The summed E-state index contributed by atoms with van der Waals surface area (Å²) in [5.74, 6) is -0.312. The van der Waals surface area contributed by atoms with E-state index in [2.05, 4.69) is 22.9 Å². The second-order valence-electron chi connectivity index (χ2n) is 6.36. The van der Waals surface area contributed by atoms with E-state index in [0.717, 1.165) is 30.5 Å². The molecule has 2 aromatic rings. The summed E-state index contributed by atoms with van der Waals surface area (Å²) in [6.07, 6.45) is 3.38. The lowest BCUT2D eigenvalue weighted by atomic mass is 10.1. The van der Waals surface area contributed by atoms with Crippen molar-refractivity contribution >= 4 is 40.5 Å². The summed E-state index contributed by atoms with van der Waals surface area (Å²) in [7, 11) is 0. The predicted octanol–water partition coefficient (Wildman–Crippen LogP) is 4.64. The molecule has 0 heterocycles. The minimum absolute atomic E-state index is 0.103. The molecule has 0 fully saturated rings. The van der Waals surface area contributed by atoms with Crippen molar-refractivity contribution in [1.82, 2.24) is 5.32 Å². The van der Waals surface area contributed by atoms with Crippen LogP contribution < -0.4 is 16.0 Å². The van der Waals surface area contributed by atoms with Crippen molar-refractivity contribution in [2.45, 2.75) is 39.5 Å². The van der Waals surface area contributed by atoms with E-state index in [1.807, 2.05) is 31.2 Å². The average molecular weight is 384 g/mol. The largest absolute Gasteiger partial charge is 0.332 e. The molecule has 6 heteroatoms. The number of rotatable bonds is 7. The molecule has 0 spiro atoms. The van der Waals surface area contributed by atoms with Crippen LogP contribution in [0.3, 0.4) is 0 Å². The number of benzene rings is 2. The van der Waals surface area contributed by atoms with Gasteiger partial charge >= 0.3 is 0 Å². The van der Waals surface area contributed by atoms with Gasteiger partial charge in [-0.05, 0) is 61.5 Å². The summed E-state index contributed by atoms with van der Waals surface area (Å²) in [5, 5.41) is 8.71. The van der Waals surface area contributed by atoms with Crippen LogP contribution in [-0.4, -0.2) is 16.9 Å². The first kappa shape index (κ1) is 20.6. The van der Waals surface area contributed by atoms with Crippen LogP contribution in [0.15, 0.2) is 48.5 Å². The minimum Gasteiger partial charge on any atom is -0.332 e. The molecular formula is C21H25N3O2S. The van der Waals surface area contributed by atoms with E-state index in [9.17, 15) is 9.59 Å². The van der Waals surface area contributed by atoms with Crippen LogP contribution in [0.1, 0.15) is 48.5 Å². The van der Waals surface area contributed by atoms with Gasteiger partial charge in [0, 0.05) is 23.4 Å². The Kier molecular flexibility index (Phi) is 7.95. The highest BCUT2D eigenvalue weighted by Crippen LogP contribution is 2.15. The zero-order chi connectivity index (χ0) is 19.6. The van der Waals surface area contributed by atoms with Gasteiger partial charge < -0.3 is 16.0 Å². The molecule has 142 valence electrons. The van der Waals surface area contributed by atoms with Gasteiger partial charge in [0.05, 0.1) is 0 Å². The number of hydrogen-bond acceptors (Lipinski definition) is 3. The first-order valence-electron chi connectivity index (χ1n) is 9.07. The van der Waals surface area contributed by atoms with Crippen molar-refractivity contribution in [2.75, 3.05) is 10.6 Å². The molecule has 0 unspecified atom stereocenters. The van der Waals surface area contributed by atoms with Gasteiger partial charge in [-0.3, -0.25) is 9.59 Å². The van der Waals surface area contributed by atoms with Gasteiger partial charge in [-0.25, -0.2) is 0 Å². The molecule has 2 aromatic carbocycles. The first-order chi connectivity index (χ1) is 13.0. The molecular weight excluding hydrogens is 358 g/mol. The molecule has 0 aliphatic carbocycles. The quantitative estimate of drug-likeness (QED) is 0.481. The van der Waals surface area contributed by atoms with E-state index in [0.29, 0.717) is 17.7 Å². The van der Waals surface area contributed by atoms with Gasteiger partial charge in [0.25, 0.3) is 5.91 Å². The Morgan fingerprint density at radius 2 is 1.67 bits per heavy atom. The number of thiocarbonyl (C=S) groups is 1. The van der Waals surface area contributed by atoms with Gasteiger partial charge in [0.2, 0.25) is 5.91 Å². The predicted molar refractivity (Wildman–Crippen MR) is 114 cm³/mol. The number of aryl methyl sites for hydroxylation is 1. The van der Waals surface area contributed by atoms with Crippen LogP contribution in [-0.2, 0) is 4.79 Å². The van der Waals surface area contributed by atoms with Crippen molar-refractivity contribution in [1.29, 1.82) is 0 Å². The number of amides is 2. The van der Waals surface area contributed by atoms with Crippen LogP contribution in [0.4, 0.5) is 11.4 Å². The van der Waals surface area contributed by atoms with Gasteiger partial charge in [-0.1, -0.05) is 38.0 Å². The van der Waals surface area contributed by atoms with Crippen molar-refractivity contribution in [3.8, 4) is 0 Å². The Balaban J connectivity index is 1.93. The SMILES string of the molecule is CCCCCC(=O)NC(=S)Nc1cccc(C(=O)Nc2cccc(C)c2)c1. The highest BCUT2D eigenvalue weighted by atomic mass is 32.1. The third-order valence-corrected chi connectivity index (χ3v) is 4.12. The van der Waals surface area contributed by atoms with E-state index >= 15 is 0 Å². The number of anilines is 2. The van der Waals surface area contributed by atoms with E-state index in [1.54, 1.807) is 24.3 Å². The smallest absolute Gasteiger partial charge is 0.255 e. The summed E-state index contributed by atoms with van der Waals surface area (Å²) in [6.45, 7) is 4.06. The van der Waals surface area contributed by atoms with Gasteiger partial charge in [0.1, 0.15) is 0 Å². The lowest BCUT2D eigenvalue weighted by Crippen LogP contribution is -2.33. The molecule has 0 bridgehead atoms. The molecule has 0 radical (unpaired) electrons. The summed E-state index contributed by atoms with van der Waals surface area (Å²) in [5.41, 5.74) is 2.96. The van der Waals surface area contributed by atoms with Crippen molar-refractivity contribution < 1.29 is 9.59 Å². The zero-order valence-electron chi connectivity index (χ0n) is 15.7. The minimum atomic E-state index is -0.209. The van der Waals surface area contributed by atoms with Crippen LogP contribution in [0, 0.1) is 6.92 Å². The van der Waals surface area contributed by atoms with Crippen LogP contribution >= 0.6 is 12.2 Å². The van der Waals surface area contributed by atoms with E-state index < -0.39 is 0 Å². The summed E-state index contributed by atoms with van der Waals surface area (Å²) in [6, 6.07) is 14.6. The van der Waals surface area contributed by atoms with Gasteiger partial charge in [-0.2, -0.15) is 0 Å². The lowest BCUT2D eigenvalue weighted by Gasteiger charge is -2.11. The maximum Gasteiger partial charge on any atom is 0.255 e. The molecule has 3 N–H and O–H groups in total. The topological polar surface area (TPSA) is 70.2 Å². The molecule has 5 nitrogen and oxygen atoms in total. The van der Waals surface area contributed by atoms with Crippen LogP contribution in [0.25, 0.3) is 0 Å². The Morgan fingerprint density at radius 3 is 2.37 bits per heavy atom. The zero-order valence-corrected chi connectivity index (χ0v) is 16.5. The fourth-order valence-electron chi connectivity index (χ4n) is 2.55. The number of nitrogens with one attached hydrogen (secondary N) is 3. The average Bonchev–Trinajstić information content (AvgIpc) is 2.62.